The smallest absolute Gasteiger partial charge is 0.224 e. The largest absolute Gasteiger partial charge is 0.371 e. The van der Waals surface area contributed by atoms with Crippen molar-refractivity contribution in [3.8, 4) is 0 Å². The second-order valence-corrected chi connectivity index (χ2v) is 8.60. The number of aryl methyl sites for hydroxylation is 1. The summed E-state index contributed by atoms with van der Waals surface area (Å²) >= 11 is 0. The van der Waals surface area contributed by atoms with Crippen LogP contribution in [-0.2, 0) is 17.6 Å². The molecule has 4 rings (SSSR count). The van der Waals surface area contributed by atoms with Gasteiger partial charge in [0.05, 0.1) is 5.69 Å². The van der Waals surface area contributed by atoms with Gasteiger partial charge < -0.3 is 15.5 Å². The first kappa shape index (κ1) is 22.9. The van der Waals surface area contributed by atoms with E-state index in [1.165, 1.54) is 11.3 Å². The Hall–Kier alpha value is -3.25. The summed E-state index contributed by atoms with van der Waals surface area (Å²) in [6.45, 7) is 2.95. The van der Waals surface area contributed by atoms with E-state index in [9.17, 15) is 4.79 Å². The number of nitrogens with one attached hydrogen (secondary N) is 2. The monoisotopic (exact) mass is 443 g/mol. The highest BCUT2D eigenvalue weighted by atomic mass is 16.1. The van der Waals surface area contributed by atoms with Crippen LogP contribution in [0.5, 0.6) is 0 Å². The molecule has 1 aliphatic rings. The van der Waals surface area contributed by atoms with Gasteiger partial charge in [-0.15, -0.1) is 0 Å². The number of amides is 1. The molecule has 1 aliphatic heterocycles. The van der Waals surface area contributed by atoms with Crippen LogP contribution in [0.3, 0.4) is 0 Å². The number of anilines is 2. The Bertz CT molecular complexity index is 988. The minimum absolute atomic E-state index is 0.0779. The number of carbonyl (C=O) groups excluding carboxylic acids is 1. The average molecular weight is 444 g/mol. The molecule has 0 aliphatic carbocycles. The van der Waals surface area contributed by atoms with Crippen molar-refractivity contribution < 1.29 is 4.79 Å². The summed E-state index contributed by atoms with van der Waals surface area (Å²) < 4.78 is 0. The number of piperidine rings is 1. The van der Waals surface area contributed by atoms with Gasteiger partial charge in [-0.3, -0.25) is 14.8 Å². The summed E-state index contributed by atoms with van der Waals surface area (Å²) in [7, 11) is 0. The summed E-state index contributed by atoms with van der Waals surface area (Å²) in [5, 5.41) is 6.73. The van der Waals surface area contributed by atoms with Crippen molar-refractivity contribution in [2.75, 3.05) is 29.9 Å². The first-order valence-corrected chi connectivity index (χ1v) is 11.9. The van der Waals surface area contributed by atoms with Crippen LogP contribution in [0.1, 0.15) is 36.9 Å². The molecule has 0 bridgehead atoms. The van der Waals surface area contributed by atoms with Crippen LogP contribution in [0.25, 0.3) is 0 Å². The molecule has 0 radical (unpaired) electrons. The molecule has 1 amide bonds. The molecule has 2 aromatic carbocycles. The van der Waals surface area contributed by atoms with Gasteiger partial charge in [-0.1, -0.05) is 36.4 Å². The molecule has 2 heterocycles. The number of hydrogen-bond acceptors (Lipinski definition) is 5. The number of aromatic nitrogens is 2. The first-order valence-electron chi connectivity index (χ1n) is 11.9. The summed E-state index contributed by atoms with van der Waals surface area (Å²) in [5.74, 6) is 0.0779. The maximum absolute atomic E-state index is 12.4. The van der Waals surface area contributed by atoms with Gasteiger partial charge in [-0.2, -0.15) is 0 Å². The lowest BCUT2D eigenvalue weighted by Crippen LogP contribution is -2.43. The fourth-order valence-corrected chi connectivity index (χ4v) is 4.31. The molecular weight excluding hydrogens is 410 g/mol. The lowest BCUT2D eigenvalue weighted by Gasteiger charge is -2.34. The van der Waals surface area contributed by atoms with E-state index in [0.717, 1.165) is 63.1 Å². The van der Waals surface area contributed by atoms with Gasteiger partial charge in [0, 0.05) is 68.5 Å². The highest BCUT2D eigenvalue weighted by molar-refractivity contribution is 5.91. The molecule has 1 aromatic heterocycles. The Morgan fingerprint density at radius 1 is 1.00 bits per heavy atom. The van der Waals surface area contributed by atoms with E-state index in [0.29, 0.717) is 12.5 Å². The minimum Gasteiger partial charge on any atom is -0.371 e. The second kappa shape index (κ2) is 12.1. The standard InChI is InChI=1S/C27H33N5O/c33-27(11-4-8-22-6-2-1-3-7-22)31-24-9-5-10-26(20-24)32-18-13-23(14-19-32)29-15-12-25-21-28-16-17-30-25/h1-3,5-7,9-10,16-17,20-21,23,29H,4,8,11-15,18-19H2,(H,31,33). The molecule has 0 spiro atoms. The fraction of sp³-hybridized carbons (Fsp3) is 0.370. The second-order valence-electron chi connectivity index (χ2n) is 8.60. The molecule has 0 saturated carbocycles. The van der Waals surface area contributed by atoms with Crippen molar-refractivity contribution in [1.29, 1.82) is 0 Å². The van der Waals surface area contributed by atoms with Crippen LogP contribution >= 0.6 is 0 Å². The fourth-order valence-electron chi connectivity index (χ4n) is 4.31. The van der Waals surface area contributed by atoms with Crippen molar-refractivity contribution >= 4 is 17.3 Å². The minimum atomic E-state index is 0.0779. The number of benzene rings is 2. The number of nitrogens with zero attached hydrogens (tertiary/aromatic N) is 3. The molecule has 33 heavy (non-hydrogen) atoms. The molecule has 3 aromatic rings. The summed E-state index contributed by atoms with van der Waals surface area (Å²) in [4.78, 5) is 23.3. The third-order valence-corrected chi connectivity index (χ3v) is 6.13. The topological polar surface area (TPSA) is 70.2 Å². The van der Waals surface area contributed by atoms with Crippen molar-refractivity contribution in [3.05, 3.63) is 84.4 Å². The maximum atomic E-state index is 12.4. The maximum Gasteiger partial charge on any atom is 0.224 e. The first-order chi connectivity index (χ1) is 16.3. The van der Waals surface area contributed by atoms with E-state index >= 15 is 0 Å². The Kier molecular flexibility index (Phi) is 8.42. The Morgan fingerprint density at radius 3 is 2.64 bits per heavy atom. The van der Waals surface area contributed by atoms with Crippen molar-refractivity contribution in [3.63, 3.8) is 0 Å². The zero-order chi connectivity index (χ0) is 22.7. The Labute approximate surface area is 196 Å². The third kappa shape index (κ3) is 7.39. The van der Waals surface area contributed by atoms with Crippen LogP contribution in [0.2, 0.25) is 0 Å². The lowest BCUT2D eigenvalue weighted by molar-refractivity contribution is -0.116. The Morgan fingerprint density at radius 2 is 1.85 bits per heavy atom. The SMILES string of the molecule is O=C(CCCc1ccccc1)Nc1cccc(N2CCC(NCCc3cnccn3)CC2)c1. The van der Waals surface area contributed by atoms with E-state index in [1.807, 2.05) is 36.5 Å². The number of rotatable bonds is 10. The van der Waals surface area contributed by atoms with Gasteiger partial charge in [0.25, 0.3) is 0 Å². The van der Waals surface area contributed by atoms with Crippen molar-refractivity contribution in [2.45, 2.75) is 44.6 Å². The van der Waals surface area contributed by atoms with Gasteiger partial charge in [0.2, 0.25) is 5.91 Å². The van der Waals surface area contributed by atoms with Crippen LogP contribution < -0.4 is 15.5 Å². The molecule has 0 unspecified atom stereocenters. The Balaban J connectivity index is 1.18. The summed E-state index contributed by atoms with van der Waals surface area (Å²) in [5.41, 5.74) is 4.36. The van der Waals surface area contributed by atoms with Gasteiger partial charge in [-0.25, -0.2) is 0 Å². The van der Waals surface area contributed by atoms with Crippen LogP contribution in [0.15, 0.2) is 73.2 Å². The van der Waals surface area contributed by atoms with E-state index in [4.69, 9.17) is 0 Å². The van der Waals surface area contributed by atoms with Crippen LogP contribution in [0.4, 0.5) is 11.4 Å². The molecule has 172 valence electrons. The van der Waals surface area contributed by atoms with Crippen LogP contribution in [-0.4, -0.2) is 41.6 Å². The number of hydrogen-bond donors (Lipinski definition) is 2. The van der Waals surface area contributed by atoms with E-state index in [-0.39, 0.29) is 5.91 Å². The zero-order valence-corrected chi connectivity index (χ0v) is 19.1. The van der Waals surface area contributed by atoms with E-state index < -0.39 is 0 Å². The summed E-state index contributed by atoms with van der Waals surface area (Å²) in [6.07, 6.45) is 10.7. The molecule has 6 nitrogen and oxygen atoms in total. The van der Waals surface area contributed by atoms with Gasteiger partial charge in [0.15, 0.2) is 0 Å². The quantitative estimate of drug-likeness (QED) is 0.491. The lowest BCUT2D eigenvalue weighted by atomic mass is 10.0. The molecular formula is C27H33N5O. The predicted molar refractivity (Wildman–Crippen MR) is 133 cm³/mol. The average Bonchev–Trinajstić information content (AvgIpc) is 2.86. The molecule has 0 atom stereocenters. The molecule has 2 N–H and O–H groups in total. The van der Waals surface area contributed by atoms with Crippen molar-refractivity contribution in [1.82, 2.24) is 15.3 Å². The third-order valence-electron chi connectivity index (χ3n) is 6.13. The molecule has 1 fully saturated rings. The van der Waals surface area contributed by atoms with Gasteiger partial charge in [0.1, 0.15) is 0 Å². The zero-order valence-electron chi connectivity index (χ0n) is 19.1. The normalized spacial score (nSPS) is 14.2. The highest BCUT2D eigenvalue weighted by Gasteiger charge is 2.19. The van der Waals surface area contributed by atoms with Crippen LogP contribution in [0, 0.1) is 0 Å². The predicted octanol–water partition coefficient (Wildman–Crippen LogP) is 4.24. The molecule has 1 saturated heterocycles. The van der Waals surface area contributed by atoms with Gasteiger partial charge in [-0.05, 0) is 49.4 Å². The number of carbonyl (C=O) groups is 1. The van der Waals surface area contributed by atoms with E-state index in [2.05, 4.69) is 49.8 Å². The van der Waals surface area contributed by atoms with E-state index in [1.54, 1.807) is 12.4 Å². The highest BCUT2D eigenvalue weighted by Crippen LogP contribution is 2.23. The van der Waals surface area contributed by atoms with Crippen molar-refractivity contribution in [2.24, 2.45) is 0 Å². The van der Waals surface area contributed by atoms with Gasteiger partial charge >= 0.3 is 0 Å². The summed E-state index contributed by atoms with van der Waals surface area (Å²) in [6, 6.07) is 19.1. The molecule has 6 heteroatoms.